The summed E-state index contributed by atoms with van der Waals surface area (Å²) in [6, 6.07) is 0.856. The standard InChI is InChI=1S/C8H7ClF2N2O2/c1-15-8(14)3-2-4(6(10)11)13-7(12)5(3)9/h2,6H,1H3,(H2,12,13). The van der Waals surface area contributed by atoms with E-state index in [0.29, 0.717) is 0 Å². The molecule has 0 fully saturated rings. The van der Waals surface area contributed by atoms with Gasteiger partial charge in [-0.05, 0) is 6.07 Å². The first-order chi connectivity index (χ1) is 6.97. The molecule has 0 bridgehead atoms. The molecule has 1 rings (SSSR count). The summed E-state index contributed by atoms with van der Waals surface area (Å²) in [6.07, 6.45) is -2.83. The molecule has 7 heteroatoms. The fourth-order valence-electron chi connectivity index (χ4n) is 0.940. The zero-order chi connectivity index (χ0) is 11.6. The second-order valence-electron chi connectivity index (χ2n) is 2.59. The Hall–Kier alpha value is -1.43. The number of nitrogen functional groups attached to an aromatic ring is 1. The van der Waals surface area contributed by atoms with E-state index in [2.05, 4.69) is 9.72 Å². The number of nitrogens with two attached hydrogens (primary N) is 1. The first kappa shape index (κ1) is 11.6. The molecule has 1 aromatic heterocycles. The van der Waals surface area contributed by atoms with E-state index in [4.69, 9.17) is 17.3 Å². The van der Waals surface area contributed by atoms with Crippen LogP contribution >= 0.6 is 11.6 Å². The Balaban J connectivity index is 3.31. The molecule has 1 heterocycles. The van der Waals surface area contributed by atoms with Crippen molar-refractivity contribution in [1.29, 1.82) is 0 Å². The zero-order valence-electron chi connectivity index (χ0n) is 7.63. The van der Waals surface area contributed by atoms with Crippen molar-refractivity contribution in [3.63, 3.8) is 0 Å². The van der Waals surface area contributed by atoms with Crippen LogP contribution in [0.5, 0.6) is 0 Å². The summed E-state index contributed by atoms with van der Waals surface area (Å²) in [5.41, 5.74) is 4.43. The van der Waals surface area contributed by atoms with Crippen LogP contribution in [0.3, 0.4) is 0 Å². The number of hydrogen-bond donors (Lipinski definition) is 1. The summed E-state index contributed by atoms with van der Waals surface area (Å²) in [5, 5.41) is -0.189. The number of anilines is 1. The van der Waals surface area contributed by atoms with E-state index in [9.17, 15) is 13.6 Å². The maximum absolute atomic E-state index is 12.3. The van der Waals surface area contributed by atoms with Gasteiger partial charge in [0.1, 0.15) is 11.5 Å². The fraction of sp³-hybridized carbons (Fsp3) is 0.250. The van der Waals surface area contributed by atoms with Gasteiger partial charge in [0.05, 0.1) is 17.7 Å². The molecule has 15 heavy (non-hydrogen) atoms. The molecular formula is C8H7ClF2N2O2. The molecule has 0 saturated heterocycles. The van der Waals surface area contributed by atoms with Crippen LogP contribution in [0.4, 0.5) is 14.6 Å². The monoisotopic (exact) mass is 236 g/mol. The Bertz CT molecular complexity index is 398. The lowest BCUT2D eigenvalue weighted by atomic mass is 10.2. The molecule has 0 aliphatic carbocycles. The number of carbonyl (C=O) groups excluding carboxylic acids is 1. The van der Waals surface area contributed by atoms with Crippen LogP contribution in [-0.4, -0.2) is 18.1 Å². The minimum atomic E-state index is -2.83. The topological polar surface area (TPSA) is 65.2 Å². The Morgan fingerprint density at radius 2 is 2.27 bits per heavy atom. The van der Waals surface area contributed by atoms with Crippen molar-refractivity contribution < 1.29 is 18.3 Å². The van der Waals surface area contributed by atoms with E-state index in [0.717, 1.165) is 13.2 Å². The molecule has 0 spiro atoms. The van der Waals surface area contributed by atoms with Crippen LogP contribution in [0.2, 0.25) is 5.02 Å². The zero-order valence-corrected chi connectivity index (χ0v) is 8.39. The number of methoxy groups -OCH3 is 1. The molecule has 0 aromatic carbocycles. The Morgan fingerprint density at radius 1 is 1.67 bits per heavy atom. The lowest BCUT2D eigenvalue weighted by molar-refractivity contribution is 0.0600. The first-order valence-corrected chi connectivity index (χ1v) is 4.17. The highest BCUT2D eigenvalue weighted by Gasteiger charge is 2.19. The molecule has 0 aliphatic heterocycles. The van der Waals surface area contributed by atoms with Crippen molar-refractivity contribution in [3.05, 3.63) is 22.3 Å². The highest BCUT2D eigenvalue weighted by molar-refractivity contribution is 6.35. The molecule has 1 aromatic rings. The highest BCUT2D eigenvalue weighted by Crippen LogP contribution is 2.27. The lowest BCUT2D eigenvalue weighted by Gasteiger charge is -2.07. The fourth-order valence-corrected chi connectivity index (χ4v) is 1.11. The van der Waals surface area contributed by atoms with Gasteiger partial charge in [-0.2, -0.15) is 0 Å². The van der Waals surface area contributed by atoms with Crippen molar-refractivity contribution in [2.75, 3.05) is 12.8 Å². The first-order valence-electron chi connectivity index (χ1n) is 3.79. The number of esters is 1. The summed E-state index contributed by atoms with van der Waals surface area (Å²) in [4.78, 5) is 14.5. The minimum absolute atomic E-state index is 0.189. The van der Waals surface area contributed by atoms with Crippen molar-refractivity contribution in [2.24, 2.45) is 0 Å². The number of pyridine rings is 1. The predicted molar refractivity (Wildman–Crippen MR) is 50.0 cm³/mol. The average Bonchev–Trinajstić information content (AvgIpc) is 2.20. The van der Waals surface area contributed by atoms with Crippen LogP contribution in [0, 0.1) is 0 Å². The van der Waals surface area contributed by atoms with Crippen LogP contribution in [0.25, 0.3) is 0 Å². The summed E-state index contributed by atoms with van der Waals surface area (Å²) >= 11 is 5.61. The molecule has 0 amide bonds. The number of carbonyl (C=O) groups is 1. The third kappa shape index (κ3) is 2.33. The van der Waals surface area contributed by atoms with Crippen LogP contribution in [0.1, 0.15) is 22.5 Å². The molecule has 82 valence electrons. The van der Waals surface area contributed by atoms with Crippen molar-refractivity contribution in [3.8, 4) is 0 Å². The maximum atomic E-state index is 12.3. The number of aromatic nitrogens is 1. The molecule has 2 N–H and O–H groups in total. The van der Waals surface area contributed by atoms with Crippen molar-refractivity contribution >= 4 is 23.4 Å². The quantitative estimate of drug-likeness (QED) is 0.798. The van der Waals surface area contributed by atoms with Crippen LogP contribution < -0.4 is 5.73 Å². The van der Waals surface area contributed by atoms with Gasteiger partial charge in [-0.15, -0.1) is 0 Å². The predicted octanol–water partition coefficient (Wildman–Crippen LogP) is 2.04. The second kappa shape index (κ2) is 4.39. The smallest absolute Gasteiger partial charge is 0.339 e. The Labute approximate surface area is 89.0 Å². The molecule has 0 aliphatic rings. The van der Waals surface area contributed by atoms with E-state index in [1.54, 1.807) is 0 Å². The number of hydrogen-bond acceptors (Lipinski definition) is 4. The third-order valence-electron chi connectivity index (χ3n) is 1.63. The number of alkyl halides is 2. The average molecular weight is 237 g/mol. The Morgan fingerprint density at radius 3 is 2.73 bits per heavy atom. The van der Waals surface area contributed by atoms with Gasteiger partial charge in [0.15, 0.2) is 0 Å². The lowest BCUT2D eigenvalue weighted by Crippen LogP contribution is -2.07. The van der Waals surface area contributed by atoms with E-state index >= 15 is 0 Å². The number of rotatable bonds is 2. The summed E-state index contributed by atoms with van der Waals surface area (Å²) in [7, 11) is 1.11. The normalized spacial score (nSPS) is 10.5. The van der Waals surface area contributed by atoms with E-state index in [1.807, 2.05) is 0 Å². The summed E-state index contributed by atoms with van der Waals surface area (Å²) in [6.45, 7) is 0. The van der Waals surface area contributed by atoms with E-state index in [-0.39, 0.29) is 16.4 Å². The maximum Gasteiger partial charge on any atom is 0.339 e. The molecular weight excluding hydrogens is 230 g/mol. The molecule has 0 saturated carbocycles. The van der Waals surface area contributed by atoms with Crippen LogP contribution in [-0.2, 0) is 4.74 Å². The van der Waals surface area contributed by atoms with E-state index < -0.39 is 18.1 Å². The van der Waals surface area contributed by atoms with Gasteiger partial charge >= 0.3 is 5.97 Å². The van der Waals surface area contributed by atoms with Gasteiger partial charge in [0.2, 0.25) is 0 Å². The Kier molecular flexibility index (Phi) is 3.41. The van der Waals surface area contributed by atoms with Crippen molar-refractivity contribution in [2.45, 2.75) is 6.43 Å². The van der Waals surface area contributed by atoms with Gasteiger partial charge in [-0.1, -0.05) is 11.6 Å². The minimum Gasteiger partial charge on any atom is -0.465 e. The van der Waals surface area contributed by atoms with Crippen LogP contribution in [0.15, 0.2) is 6.07 Å². The number of ether oxygens (including phenoxy) is 1. The molecule has 0 atom stereocenters. The summed E-state index contributed by atoms with van der Waals surface area (Å²) in [5.74, 6) is -1.16. The van der Waals surface area contributed by atoms with Gasteiger partial charge in [0.25, 0.3) is 6.43 Å². The van der Waals surface area contributed by atoms with Gasteiger partial charge < -0.3 is 10.5 Å². The molecule has 0 unspecified atom stereocenters. The third-order valence-corrected chi connectivity index (χ3v) is 2.03. The molecule has 0 radical (unpaired) electrons. The highest BCUT2D eigenvalue weighted by atomic mass is 35.5. The SMILES string of the molecule is COC(=O)c1cc(C(F)F)nc(N)c1Cl. The van der Waals surface area contributed by atoms with Gasteiger partial charge in [0, 0.05) is 0 Å². The number of halogens is 3. The van der Waals surface area contributed by atoms with E-state index in [1.165, 1.54) is 0 Å². The number of nitrogens with zero attached hydrogens (tertiary/aromatic N) is 1. The van der Waals surface area contributed by atoms with Crippen molar-refractivity contribution in [1.82, 2.24) is 4.98 Å². The van der Waals surface area contributed by atoms with Gasteiger partial charge in [-0.25, -0.2) is 18.6 Å². The van der Waals surface area contributed by atoms with Gasteiger partial charge in [-0.3, -0.25) is 0 Å². The summed E-state index contributed by atoms with van der Waals surface area (Å²) < 4.78 is 29.0. The molecule has 4 nitrogen and oxygen atoms in total. The second-order valence-corrected chi connectivity index (χ2v) is 2.96. The largest absolute Gasteiger partial charge is 0.465 e.